The summed E-state index contributed by atoms with van der Waals surface area (Å²) < 4.78 is 0. The number of carboxylic acids is 1. The molecule has 4 N–H and O–H groups in total. The number of carboxylic acid groups (broad SMARTS) is 1. The third kappa shape index (κ3) is 6.31. The molecule has 0 aliphatic carbocycles. The van der Waals surface area contributed by atoms with Crippen LogP contribution < -0.4 is 16.0 Å². The van der Waals surface area contributed by atoms with Gasteiger partial charge in [-0.3, -0.25) is 9.79 Å². The fourth-order valence-corrected chi connectivity index (χ4v) is 4.22. The number of benzene rings is 1. The monoisotopic (exact) mass is 449 g/mol. The Kier molecular flexibility index (Phi) is 7.55. The molecule has 0 bridgehead atoms. The first kappa shape index (κ1) is 22.8. The number of aryl methyl sites for hydroxylation is 2. The van der Waals surface area contributed by atoms with E-state index >= 15 is 0 Å². The summed E-state index contributed by atoms with van der Waals surface area (Å²) in [5.41, 5.74) is 4.41. The Morgan fingerprint density at radius 2 is 2.03 bits per heavy atom. The van der Waals surface area contributed by atoms with Crippen LogP contribution >= 0.6 is 0 Å². The maximum atomic E-state index is 12.2. The molecule has 0 radical (unpaired) electrons. The molecule has 0 saturated carbocycles. The predicted molar refractivity (Wildman–Crippen MR) is 129 cm³/mol. The fourth-order valence-electron chi connectivity index (χ4n) is 4.22. The number of fused-ring (bicyclic) bond motifs is 2. The Bertz CT molecular complexity index is 1010. The van der Waals surface area contributed by atoms with E-state index in [1.54, 1.807) is 0 Å². The minimum atomic E-state index is -0.985. The number of rotatable bonds is 10. The van der Waals surface area contributed by atoms with Crippen LogP contribution in [0, 0.1) is 0 Å². The van der Waals surface area contributed by atoms with E-state index in [-0.39, 0.29) is 18.9 Å². The second-order valence-electron chi connectivity index (χ2n) is 8.58. The molecule has 1 amide bonds. The van der Waals surface area contributed by atoms with Crippen molar-refractivity contribution in [2.45, 2.75) is 57.4 Å². The molecule has 2 aliphatic heterocycles. The first-order chi connectivity index (χ1) is 16.1. The molecule has 8 nitrogen and oxygen atoms in total. The van der Waals surface area contributed by atoms with Gasteiger partial charge >= 0.3 is 5.97 Å². The number of unbranched alkanes of at least 4 members (excludes halogenated alkanes) is 1. The van der Waals surface area contributed by atoms with Crippen molar-refractivity contribution >= 4 is 29.2 Å². The van der Waals surface area contributed by atoms with Crippen molar-refractivity contribution < 1.29 is 14.7 Å². The number of anilines is 2. The summed E-state index contributed by atoms with van der Waals surface area (Å²) in [4.78, 5) is 32.8. The van der Waals surface area contributed by atoms with E-state index in [2.05, 4.69) is 38.1 Å². The molecule has 0 spiro atoms. The number of aliphatic imine (C=N–C) groups is 1. The Morgan fingerprint density at radius 1 is 1.15 bits per heavy atom. The SMILES string of the molecule is O=C(CCCCc1ccc2c(n1)NCCC2)NCCC(N=C1Cc2ccccc2N1)C(=O)O. The van der Waals surface area contributed by atoms with Gasteiger partial charge in [0.1, 0.15) is 11.7 Å². The molecule has 2 aromatic rings. The number of pyridine rings is 1. The van der Waals surface area contributed by atoms with Crippen LogP contribution in [-0.2, 0) is 28.9 Å². The average molecular weight is 450 g/mol. The molecule has 2 aliphatic rings. The number of para-hydroxylation sites is 1. The summed E-state index contributed by atoms with van der Waals surface area (Å²) in [6, 6.07) is 11.2. The minimum absolute atomic E-state index is 0.0572. The first-order valence-corrected chi connectivity index (χ1v) is 11.7. The quantitative estimate of drug-likeness (QED) is 0.414. The Balaban J connectivity index is 1.15. The average Bonchev–Trinajstić information content (AvgIpc) is 3.23. The van der Waals surface area contributed by atoms with Gasteiger partial charge in [0.25, 0.3) is 0 Å². The highest BCUT2D eigenvalue weighted by Crippen LogP contribution is 2.23. The zero-order valence-corrected chi connectivity index (χ0v) is 18.8. The van der Waals surface area contributed by atoms with Gasteiger partial charge in [0.2, 0.25) is 5.91 Å². The second-order valence-corrected chi connectivity index (χ2v) is 8.58. The predicted octanol–water partition coefficient (Wildman–Crippen LogP) is 3.18. The molecule has 8 heteroatoms. The largest absolute Gasteiger partial charge is 0.480 e. The van der Waals surface area contributed by atoms with Crippen LogP contribution in [0.3, 0.4) is 0 Å². The number of carbonyl (C=O) groups excluding carboxylic acids is 1. The van der Waals surface area contributed by atoms with Crippen molar-refractivity contribution in [1.82, 2.24) is 10.3 Å². The number of hydrogen-bond acceptors (Lipinski definition) is 5. The van der Waals surface area contributed by atoms with Crippen LogP contribution in [-0.4, -0.2) is 46.9 Å². The van der Waals surface area contributed by atoms with Gasteiger partial charge in [0.05, 0.1) is 0 Å². The van der Waals surface area contributed by atoms with Crippen LogP contribution in [0.15, 0.2) is 41.4 Å². The molecule has 1 unspecified atom stereocenters. The van der Waals surface area contributed by atoms with Crippen LogP contribution in [0.2, 0.25) is 0 Å². The molecule has 3 heterocycles. The van der Waals surface area contributed by atoms with Crippen LogP contribution in [0.4, 0.5) is 11.5 Å². The van der Waals surface area contributed by atoms with Crippen LogP contribution in [0.5, 0.6) is 0 Å². The molecular formula is C25H31N5O3. The number of amidine groups is 1. The standard InChI is InChI=1S/C25H31N5O3/c31-23(10-4-2-8-19-12-11-17-7-5-14-27-24(17)28-19)26-15-13-21(25(32)33)30-22-16-18-6-1-3-9-20(18)29-22/h1,3,6,9,11-12,21H,2,4-5,7-8,10,13-16H2,(H,26,31)(H,27,28)(H,29,30)(H,32,33). The van der Waals surface area contributed by atoms with Gasteiger partial charge in [0, 0.05) is 37.3 Å². The molecular weight excluding hydrogens is 418 g/mol. The maximum absolute atomic E-state index is 12.2. The lowest BCUT2D eigenvalue weighted by Crippen LogP contribution is -2.30. The molecule has 1 atom stereocenters. The molecule has 0 saturated heterocycles. The van der Waals surface area contributed by atoms with E-state index in [0.717, 1.165) is 61.4 Å². The van der Waals surface area contributed by atoms with Gasteiger partial charge in [-0.25, -0.2) is 9.78 Å². The normalized spacial score (nSPS) is 16.3. The van der Waals surface area contributed by atoms with E-state index in [4.69, 9.17) is 0 Å². The van der Waals surface area contributed by atoms with Gasteiger partial charge in [-0.1, -0.05) is 24.3 Å². The third-order valence-electron chi connectivity index (χ3n) is 6.03. The Labute approximate surface area is 193 Å². The number of aliphatic carboxylic acids is 1. The number of carbonyl (C=O) groups is 2. The van der Waals surface area contributed by atoms with Crippen LogP contribution in [0.25, 0.3) is 0 Å². The maximum Gasteiger partial charge on any atom is 0.328 e. The van der Waals surface area contributed by atoms with Gasteiger partial charge in [-0.2, -0.15) is 0 Å². The van der Waals surface area contributed by atoms with E-state index in [1.165, 1.54) is 5.56 Å². The van der Waals surface area contributed by atoms with E-state index in [1.807, 2.05) is 24.3 Å². The fraction of sp³-hybridized carbons (Fsp3) is 0.440. The second kappa shape index (κ2) is 10.9. The number of hydrogen-bond donors (Lipinski definition) is 4. The van der Waals surface area contributed by atoms with Gasteiger partial charge < -0.3 is 21.1 Å². The topological polar surface area (TPSA) is 116 Å². The van der Waals surface area contributed by atoms with Crippen LogP contribution in [0.1, 0.15) is 48.9 Å². The third-order valence-corrected chi connectivity index (χ3v) is 6.03. The summed E-state index contributed by atoms with van der Waals surface area (Å²) in [7, 11) is 0. The first-order valence-electron chi connectivity index (χ1n) is 11.7. The van der Waals surface area contributed by atoms with Crippen molar-refractivity contribution in [1.29, 1.82) is 0 Å². The summed E-state index contributed by atoms with van der Waals surface area (Å²) in [5, 5.41) is 18.9. The lowest BCUT2D eigenvalue weighted by atomic mass is 10.1. The van der Waals surface area contributed by atoms with Gasteiger partial charge in [-0.15, -0.1) is 0 Å². The zero-order chi connectivity index (χ0) is 23.0. The number of aromatic nitrogens is 1. The Morgan fingerprint density at radius 3 is 2.88 bits per heavy atom. The summed E-state index contributed by atoms with van der Waals surface area (Å²) >= 11 is 0. The number of amides is 1. The molecule has 33 heavy (non-hydrogen) atoms. The molecule has 1 aromatic heterocycles. The van der Waals surface area contributed by atoms with Gasteiger partial charge in [0.15, 0.2) is 6.04 Å². The van der Waals surface area contributed by atoms with Crippen molar-refractivity contribution in [3.63, 3.8) is 0 Å². The van der Waals surface area contributed by atoms with E-state index in [9.17, 15) is 14.7 Å². The molecule has 4 rings (SSSR count). The highest BCUT2D eigenvalue weighted by atomic mass is 16.4. The summed E-state index contributed by atoms with van der Waals surface area (Å²) in [5.74, 6) is 0.616. The zero-order valence-electron chi connectivity index (χ0n) is 18.8. The molecule has 1 aromatic carbocycles. The van der Waals surface area contributed by atoms with Crippen molar-refractivity contribution in [2.24, 2.45) is 4.99 Å². The Hall–Kier alpha value is -3.42. The van der Waals surface area contributed by atoms with Gasteiger partial charge in [-0.05, 0) is 61.8 Å². The summed E-state index contributed by atoms with van der Waals surface area (Å²) in [6.45, 7) is 1.26. The lowest BCUT2D eigenvalue weighted by Gasteiger charge is -2.17. The minimum Gasteiger partial charge on any atom is -0.480 e. The highest BCUT2D eigenvalue weighted by molar-refractivity contribution is 6.03. The number of nitrogens with one attached hydrogen (secondary N) is 3. The van der Waals surface area contributed by atoms with E-state index in [0.29, 0.717) is 18.7 Å². The van der Waals surface area contributed by atoms with E-state index < -0.39 is 12.0 Å². The smallest absolute Gasteiger partial charge is 0.328 e. The van der Waals surface area contributed by atoms with Crippen molar-refractivity contribution in [3.8, 4) is 0 Å². The molecule has 174 valence electrons. The summed E-state index contributed by atoms with van der Waals surface area (Å²) in [6.07, 6.45) is 6.00. The van der Waals surface area contributed by atoms with Crippen molar-refractivity contribution in [2.75, 3.05) is 23.7 Å². The van der Waals surface area contributed by atoms with Crippen molar-refractivity contribution in [3.05, 3.63) is 53.2 Å². The molecule has 0 fully saturated rings. The lowest BCUT2D eigenvalue weighted by molar-refractivity contribution is -0.138. The highest BCUT2D eigenvalue weighted by Gasteiger charge is 2.21. The number of nitrogens with zero attached hydrogens (tertiary/aromatic N) is 2.